The largest absolute Gasteiger partial charge is 0.462 e. The second kappa shape index (κ2) is 7.48. The zero-order chi connectivity index (χ0) is 19.9. The van der Waals surface area contributed by atoms with Gasteiger partial charge in [0.1, 0.15) is 10.8 Å². The first-order valence-electron chi connectivity index (χ1n) is 9.95. The molecule has 2 aliphatic heterocycles. The Bertz CT molecular complexity index is 955. The lowest BCUT2D eigenvalue weighted by Crippen LogP contribution is -2.60. The van der Waals surface area contributed by atoms with Crippen LogP contribution in [0.15, 0.2) is 29.0 Å². The molecular formula is C20H27N3O4S. The first-order valence-corrected chi connectivity index (χ1v) is 11.5. The minimum atomic E-state index is -3.35. The highest BCUT2D eigenvalue weighted by atomic mass is 32.2. The van der Waals surface area contributed by atoms with Crippen LogP contribution in [0.3, 0.4) is 0 Å². The van der Waals surface area contributed by atoms with Crippen molar-refractivity contribution in [1.82, 2.24) is 14.2 Å². The number of fused-ring (bicyclic) bond motifs is 1. The number of carbonyl (C=O) groups is 1. The van der Waals surface area contributed by atoms with Gasteiger partial charge in [-0.1, -0.05) is 13.8 Å². The van der Waals surface area contributed by atoms with E-state index in [0.29, 0.717) is 32.6 Å². The molecule has 28 heavy (non-hydrogen) atoms. The fourth-order valence-electron chi connectivity index (χ4n) is 4.12. The average molecular weight is 406 g/mol. The normalized spacial score (nSPS) is 20.0. The third-order valence-electron chi connectivity index (χ3n) is 5.82. The maximum Gasteiger partial charge on any atom is 0.222 e. The number of hydrogen-bond donors (Lipinski definition) is 0. The Kier molecular flexibility index (Phi) is 5.18. The molecule has 4 heterocycles. The van der Waals surface area contributed by atoms with Crippen molar-refractivity contribution in [3.63, 3.8) is 0 Å². The predicted molar refractivity (Wildman–Crippen MR) is 106 cm³/mol. The van der Waals surface area contributed by atoms with Crippen molar-refractivity contribution in [3.05, 3.63) is 30.2 Å². The van der Waals surface area contributed by atoms with Crippen LogP contribution in [0.4, 0.5) is 0 Å². The van der Waals surface area contributed by atoms with Crippen LogP contribution in [-0.4, -0.2) is 59.9 Å². The molecule has 8 heteroatoms. The Balaban J connectivity index is 1.35. The van der Waals surface area contributed by atoms with Crippen LogP contribution in [0.2, 0.25) is 0 Å². The second-order valence-electron chi connectivity index (χ2n) is 8.28. The van der Waals surface area contributed by atoms with E-state index in [-0.39, 0.29) is 17.7 Å². The highest BCUT2D eigenvalue weighted by Crippen LogP contribution is 2.35. The van der Waals surface area contributed by atoms with Gasteiger partial charge in [0.05, 0.1) is 6.26 Å². The van der Waals surface area contributed by atoms with Crippen LogP contribution >= 0.6 is 0 Å². The smallest absolute Gasteiger partial charge is 0.222 e. The number of pyridine rings is 1. The average Bonchev–Trinajstić information content (AvgIpc) is 3.03. The van der Waals surface area contributed by atoms with Crippen LogP contribution in [-0.2, 0) is 14.8 Å². The molecule has 0 atom stereocenters. The molecule has 0 saturated carbocycles. The summed E-state index contributed by atoms with van der Waals surface area (Å²) in [6.07, 6.45) is 5.51. The van der Waals surface area contributed by atoms with Gasteiger partial charge in [-0.05, 0) is 36.8 Å². The molecule has 4 rings (SSSR count). The van der Waals surface area contributed by atoms with E-state index in [2.05, 4.69) is 4.98 Å². The summed E-state index contributed by atoms with van der Waals surface area (Å²) in [4.78, 5) is 18.2. The number of aromatic nitrogens is 1. The van der Waals surface area contributed by atoms with Gasteiger partial charge in [0.2, 0.25) is 15.9 Å². The molecular weight excluding hydrogens is 378 g/mol. The summed E-state index contributed by atoms with van der Waals surface area (Å²) < 4.78 is 33.0. The van der Waals surface area contributed by atoms with Gasteiger partial charge >= 0.3 is 0 Å². The Labute approximate surface area is 165 Å². The first kappa shape index (κ1) is 19.4. The highest BCUT2D eigenvalue weighted by Gasteiger charge is 2.43. The molecule has 0 unspecified atom stereocenters. The van der Waals surface area contributed by atoms with Gasteiger partial charge in [0, 0.05) is 44.4 Å². The number of nitrogens with zero attached hydrogens (tertiary/aromatic N) is 3. The van der Waals surface area contributed by atoms with Crippen molar-refractivity contribution in [2.75, 3.05) is 26.2 Å². The number of amides is 1. The van der Waals surface area contributed by atoms with Crippen LogP contribution in [0.5, 0.6) is 0 Å². The molecule has 2 aromatic rings. The maximum absolute atomic E-state index is 12.9. The molecule has 0 aliphatic carbocycles. The number of sulfonamides is 1. The summed E-state index contributed by atoms with van der Waals surface area (Å²) in [5.74, 6) is 0.600. The van der Waals surface area contributed by atoms with E-state index < -0.39 is 15.3 Å². The second-order valence-corrected chi connectivity index (χ2v) is 10.5. The number of rotatable bonds is 5. The Morgan fingerprint density at radius 3 is 2.68 bits per heavy atom. The molecule has 1 amide bonds. The SMILES string of the molecule is CC(C)CC(=O)N1CC(S(=O)(=O)N2CCC(c3coc4cccnc34)CC2)C1. The summed E-state index contributed by atoms with van der Waals surface area (Å²) in [5.41, 5.74) is 2.72. The van der Waals surface area contributed by atoms with E-state index in [1.165, 1.54) is 0 Å². The van der Waals surface area contributed by atoms with Gasteiger partial charge in [0.15, 0.2) is 5.58 Å². The number of hydrogen-bond acceptors (Lipinski definition) is 5. The van der Waals surface area contributed by atoms with Crippen molar-refractivity contribution in [2.45, 2.75) is 44.3 Å². The minimum Gasteiger partial charge on any atom is -0.462 e. The summed E-state index contributed by atoms with van der Waals surface area (Å²) in [7, 11) is -3.35. The van der Waals surface area contributed by atoms with Crippen molar-refractivity contribution >= 4 is 27.0 Å². The molecule has 0 N–H and O–H groups in total. The minimum absolute atomic E-state index is 0.0551. The molecule has 2 aromatic heterocycles. The van der Waals surface area contributed by atoms with E-state index in [1.807, 2.05) is 26.0 Å². The van der Waals surface area contributed by atoms with Gasteiger partial charge < -0.3 is 9.32 Å². The van der Waals surface area contributed by atoms with Gasteiger partial charge in [-0.2, -0.15) is 0 Å². The lowest BCUT2D eigenvalue weighted by molar-refractivity contribution is -0.135. The monoisotopic (exact) mass is 405 g/mol. The summed E-state index contributed by atoms with van der Waals surface area (Å²) in [6, 6.07) is 3.74. The van der Waals surface area contributed by atoms with E-state index >= 15 is 0 Å². The number of furan rings is 1. The molecule has 2 fully saturated rings. The third kappa shape index (κ3) is 3.55. The number of piperidine rings is 1. The molecule has 7 nitrogen and oxygen atoms in total. The fraction of sp³-hybridized carbons (Fsp3) is 0.600. The summed E-state index contributed by atoms with van der Waals surface area (Å²) >= 11 is 0. The van der Waals surface area contributed by atoms with E-state index in [4.69, 9.17) is 4.42 Å². The lowest BCUT2D eigenvalue weighted by atomic mass is 9.91. The van der Waals surface area contributed by atoms with Gasteiger partial charge in [-0.25, -0.2) is 12.7 Å². The Morgan fingerprint density at radius 1 is 1.29 bits per heavy atom. The maximum atomic E-state index is 12.9. The molecule has 0 bridgehead atoms. The quantitative estimate of drug-likeness (QED) is 0.763. The van der Waals surface area contributed by atoms with Crippen molar-refractivity contribution in [1.29, 1.82) is 0 Å². The standard InChI is InChI=1S/C20H27N3O4S/c1-14(2)10-19(24)22-11-16(12-22)28(25,26)23-8-5-15(6-9-23)17-13-27-18-4-3-7-21-20(17)18/h3-4,7,13-16H,5-6,8-12H2,1-2H3. The van der Waals surface area contributed by atoms with Gasteiger partial charge in [0.25, 0.3) is 0 Å². The predicted octanol–water partition coefficient (Wildman–Crippen LogP) is 2.59. The molecule has 0 spiro atoms. The van der Waals surface area contributed by atoms with Crippen LogP contribution in [0, 0.1) is 5.92 Å². The van der Waals surface area contributed by atoms with Crippen LogP contribution in [0.25, 0.3) is 11.1 Å². The zero-order valence-electron chi connectivity index (χ0n) is 16.4. The Hall–Kier alpha value is -1.93. The topological polar surface area (TPSA) is 83.7 Å². The number of likely N-dealkylation sites (tertiary alicyclic amines) is 1. The van der Waals surface area contributed by atoms with Crippen LogP contribution < -0.4 is 0 Å². The summed E-state index contributed by atoms with van der Waals surface area (Å²) in [6.45, 7) is 5.64. The van der Waals surface area contributed by atoms with Gasteiger partial charge in [-0.15, -0.1) is 0 Å². The third-order valence-corrected chi connectivity index (χ3v) is 8.04. The van der Waals surface area contributed by atoms with E-state index in [0.717, 1.165) is 29.5 Å². The zero-order valence-corrected chi connectivity index (χ0v) is 17.2. The fourth-order valence-corrected chi connectivity index (χ4v) is 5.99. The van der Waals surface area contributed by atoms with Gasteiger partial charge in [-0.3, -0.25) is 9.78 Å². The molecule has 0 aromatic carbocycles. The van der Waals surface area contributed by atoms with Crippen LogP contribution in [0.1, 0.15) is 44.6 Å². The molecule has 152 valence electrons. The highest BCUT2D eigenvalue weighted by molar-refractivity contribution is 7.89. The molecule has 2 aliphatic rings. The number of carbonyl (C=O) groups excluding carboxylic acids is 1. The van der Waals surface area contributed by atoms with Crippen molar-refractivity contribution < 1.29 is 17.6 Å². The lowest BCUT2D eigenvalue weighted by Gasteiger charge is -2.42. The summed E-state index contributed by atoms with van der Waals surface area (Å²) in [5, 5.41) is -0.461. The first-order chi connectivity index (χ1) is 13.4. The molecule has 2 saturated heterocycles. The van der Waals surface area contributed by atoms with Crippen molar-refractivity contribution in [3.8, 4) is 0 Å². The van der Waals surface area contributed by atoms with Crippen molar-refractivity contribution in [2.24, 2.45) is 5.92 Å². The van der Waals surface area contributed by atoms with E-state index in [9.17, 15) is 13.2 Å². The molecule has 0 radical (unpaired) electrons. The van der Waals surface area contributed by atoms with E-state index in [1.54, 1.807) is 21.7 Å². The Morgan fingerprint density at radius 2 is 2.00 bits per heavy atom.